The molecule has 3 unspecified atom stereocenters. The number of carbonyl (C=O) groups excluding carboxylic acids is 2. The lowest BCUT2D eigenvalue weighted by molar-refractivity contribution is -0.126. The van der Waals surface area contributed by atoms with Crippen molar-refractivity contribution >= 4 is 21.8 Å². The lowest BCUT2D eigenvalue weighted by Gasteiger charge is -2.26. The molecule has 3 atom stereocenters. The molecule has 9 heteroatoms. The van der Waals surface area contributed by atoms with E-state index in [4.69, 9.17) is 4.74 Å². The number of benzene rings is 1. The summed E-state index contributed by atoms with van der Waals surface area (Å²) < 4.78 is 32.0. The summed E-state index contributed by atoms with van der Waals surface area (Å²) >= 11 is 0. The summed E-state index contributed by atoms with van der Waals surface area (Å²) in [5.74, 6) is -0.181. The molecule has 1 saturated heterocycles. The second-order valence-corrected chi connectivity index (χ2v) is 9.31. The Labute approximate surface area is 163 Å². The zero-order valence-electron chi connectivity index (χ0n) is 15.3. The van der Waals surface area contributed by atoms with Crippen LogP contribution in [0.15, 0.2) is 41.3 Å². The summed E-state index contributed by atoms with van der Waals surface area (Å²) in [7, 11) is -3.69. The topological polar surface area (TPSA) is 105 Å². The number of sulfonamides is 1. The van der Waals surface area contributed by atoms with Crippen molar-refractivity contribution in [1.82, 2.24) is 15.2 Å². The molecule has 4 rings (SSSR count). The highest BCUT2D eigenvalue weighted by Gasteiger charge is 2.39. The zero-order chi connectivity index (χ0) is 19.7. The quantitative estimate of drug-likeness (QED) is 0.566. The Balaban J connectivity index is 1.40. The number of amides is 2. The molecule has 0 spiro atoms. The van der Waals surface area contributed by atoms with Gasteiger partial charge in [-0.3, -0.25) is 20.4 Å². The highest BCUT2D eigenvalue weighted by Crippen LogP contribution is 2.43. The van der Waals surface area contributed by atoms with Gasteiger partial charge in [0.15, 0.2) is 0 Å². The van der Waals surface area contributed by atoms with E-state index in [2.05, 4.69) is 23.0 Å². The molecule has 1 aromatic carbocycles. The Morgan fingerprint density at radius 2 is 1.86 bits per heavy atom. The van der Waals surface area contributed by atoms with Crippen LogP contribution in [0.4, 0.5) is 0 Å². The molecule has 2 amide bonds. The SMILES string of the molecule is O=C(NNC(=O)C1CC2C=CC1C2)c1cccc(S(=O)(=O)N2CCOCC2)c1. The van der Waals surface area contributed by atoms with Gasteiger partial charge in [0.1, 0.15) is 0 Å². The zero-order valence-corrected chi connectivity index (χ0v) is 16.2. The number of allylic oxidation sites excluding steroid dienone is 2. The van der Waals surface area contributed by atoms with Crippen LogP contribution in [0.1, 0.15) is 23.2 Å². The molecule has 8 nitrogen and oxygen atoms in total. The molecule has 1 saturated carbocycles. The van der Waals surface area contributed by atoms with E-state index in [-0.39, 0.29) is 41.3 Å². The van der Waals surface area contributed by atoms with Gasteiger partial charge in [0.2, 0.25) is 15.9 Å². The van der Waals surface area contributed by atoms with Gasteiger partial charge in [-0.1, -0.05) is 18.2 Å². The number of hydrogen-bond donors (Lipinski definition) is 2. The Morgan fingerprint density at radius 3 is 2.54 bits per heavy atom. The van der Waals surface area contributed by atoms with Crippen molar-refractivity contribution in [1.29, 1.82) is 0 Å². The van der Waals surface area contributed by atoms with Gasteiger partial charge in [0.25, 0.3) is 5.91 Å². The van der Waals surface area contributed by atoms with Gasteiger partial charge in [0, 0.05) is 24.6 Å². The van der Waals surface area contributed by atoms with Gasteiger partial charge in [-0.05, 0) is 42.9 Å². The maximum Gasteiger partial charge on any atom is 0.269 e. The number of ether oxygens (including phenoxy) is 1. The third-order valence-corrected chi connectivity index (χ3v) is 7.51. The van der Waals surface area contributed by atoms with E-state index in [9.17, 15) is 18.0 Å². The molecule has 3 aliphatic rings. The fourth-order valence-corrected chi connectivity index (χ4v) is 5.55. The Morgan fingerprint density at radius 1 is 1.07 bits per heavy atom. The second-order valence-electron chi connectivity index (χ2n) is 7.37. The molecule has 150 valence electrons. The largest absolute Gasteiger partial charge is 0.379 e. The van der Waals surface area contributed by atoms with Gasteiger partial charge in [0.05, 0.1) is 18.1 Å². The third kappa shape index (κ3) is 3.69. The Kier molecular flexibility index (Phi) is 5.22. The van der Waals surface area contributed by atoms with Gasteiger partial charge < -0.3 is 4.74 Å². The van der Waals surface area contributed by atoms with Gasteiger partial charge in [-0.25, -0.2) is 8.42 Å². The van der Waals surface area contributed by atoms with E-state index in [1.165, 1.54) is 28.6 Å². The number of rotatable bonds is 4. The van der Waals surface area contributed by atoms with Crippen molar-refractivity contribution in [3.63, 3.8) is 0 Å². The van der Waals surface area contributed by atoms with Crippen LogP contribution in [-0.4, -0.2) is 50.8 Å². The first-order chi connectivity index (χ1) is 13.4. The van der Waals surface area contributed by atoms with Crippen LogP contribution in [0.3, 0.4) is 0 Å². The number of morpholine rings is 1. The van der Waals surface area contributed by atoms with Crippen molar-refractivity contribution in [2.75, 3.05) is 26.3 Å². The van der Waals surface area contributed by atoms with Crippen molar-refractivity contribution in [2.24, 2.45) is 17.8 Å². The second kappa shape index (κ2) is 7.65. The summed E-state index contributed by atoms with van der Waals surface area (Å²) in [5, 5.41) is 0. The summed E-state index contributed by atoms with van der Waals surface area (Å²) in [6.45, 7) is 1.27. The van der Waals surface area contributed by atoms with E-state index in [1.807, 2.05) is 0 Å². The van der Waals surface area contributed by atoms with Crippen molar-refractivity contribution in [2.45, 2.75) is 17.7 Å². The predicted octanol–water partition coefficient (Wildman–Crippen LogP) is 0.681. The standard InChI is InChI=1S/C19H23N3O5S/c23-18(20-21-19(24)17-11-13-4-5-14(17)10-13)15-2-1-3-16(12-15)28(25,26)22-6-8-27-9-7-22/h1-5,12-14,17H,6-11H2,(H,20,23)(H,21,24). The molecule has 2 bridgehead atoms. The normalized spacial score (nSPS) is 26.9. The minimum Gasteiger partial charge on any atom is -0.379 e. The predicted molar refractivity (Wildman–Crippen MR) is 100 cm³/mol. The molecule has 2 aliphatic carbocycles. The van der Waals surface area contributed by atoms with Crippen LogP contribution in [-0.2, 0) is 19.6 Å². The fourth-order valence-electron chi connectivity index (χ4n) is 4.10. The van der Waals surface area contributed by atoms with Crippen LogP contribution >= 0.6 is 0 Å². The van der Waals surface area contributed by atoms with E-state index in [0.717, 1.165) is 12.8 Å². The lowest BCUT2D eigenvalue weighted by atomic mass is 9.93. The first-order valence-corrected chi connectivity index (χ1v) is 10.9. The number of nitrogens with one attached hydrogen (secondary N) is 2. The van der Waals surface area contributed by atoms with E-state index >= 15 is 0 Å². The maximum atomic E-state index is 12.7. The van der Waals surface area contributed by atoms with E-state index < -0.39 is 15.9 Å². The summed E-state index contributed by atoms with van der Waals surface area (Å²) in [6, 6.07) is 5.82. The van der Waals surface area contributed by atoms with E-state index in [0.29, 0.717) is 19.1 Å². The summed E-state index contributed by atoms with van der Waals surface area (Å²) in [5.41, 5.74) is 5.05. The molecular formula is C19H23N3O5S. The number of hydrazine groups is 1. The van der Waals surface area contributed by atoms with Crippen LogP contribution in [0.5, 0.6) is 0 Å². The van der Waals surface area contributed by atoms with Gasteiger partial charge in [-0.2, -0.15) is 4.31 Å². The lowest BCUT2D eigenvalue weighted by Crippen LogP contribution is -2.45. The molecule has 1 aliphatic heterocycles. The first-order valence-electron chi connectivity index (χ1n) is 9.41. The number of nitrogens with zero attached hydrogens (tertiary/aromatic N) is 1. The average molecular weight is 405 g/mol. The average Bonchev–Trinajstić information content (AvgIpc) is 3.36. The number of hydrogen-bond acceptors (Lipinski definition) is 5. The fraction of sp³-hybridized carbons (Fsp3) is 0.474. The minimum atomic E-state index is -3.69. The molecule has 0 radical (unpaired) electrons. The highest BCUT2D eigenvalue weighted by atomic mass is 32.2. The molecule has 1 heterocycles. The van der Waals surface area contributed by atoms with Crippen LogP contribution in [0.25, 0.3) is 0 Å². The molecule has 28 heavy (non-hydrogen) atoms. The first kappa shape index (κ1) is 19.1. The van der Waals surface area contributed by atoms with Crippen molar-refractivity contribution in [3.05, 3.63) is 42.0 Å². The maximum absolute atomic E-state index is 12.7. The van der Waals surface area contributed by atoms with Crippen LogP contribution in [0, 0.1) is 17.8 Å². The third-order valence-electron chi connectivity index (χ3n) is 5.62. The molecule has 2 N–H and O–H groups in total. The highest BCUT2D eigenvalue weighted by molar-refractivity contribution is 7.89. The monoisotopic (exact) mass is 405 g/mol. The van der Waals surface area contributed by atoms with Crippen LogP contribution in [0.2, 0.25) is 0 Å². The summed E-state index contributed by atoms with van der Waals surface area (Å²) in [4.78, 5) is 24.8. The molecule has 1 aromatic rings. The molecule has 2 fully saturated rings. The van der Waals surface area contributed by atoms with Crippen molar-refractivity contribution in [3.8, 4) is 0 Å². The van der Waals surface area contributed by atoms with Crippen LogP contribution < -0.4 is 10.9 Å². The molecular weight excluding hydrogens is 382 g/mol. The van der Waals surface area contributed by atoms with Crippen molar-refractivity contribution < 1.29 is 22.7 Å². The number of carbonyl (C=O) groups is 2. The summed E-state index contributed by atoms with van der Waals surface area (Å²) in [6.07, 6.45) is 6.01. The molecule has 0 aromatic heterocycles. The Bertz CT molecular complexity index is 908. The number of fused-ring (bicyclic) bond motifs is 2. The minimum absolute atomic E-state index is 0.0478. The van der Waals surface area contributed by atoms with Gasteiger partial charge >= 0.3 is 0 Å². The Hall–Kier alpha value is -2.23. The smallest absolute Gasteiger partial charge is 0.269 e. The van der Waals surface area contributed by atoms with E-state index in [1.54, 1.807) is 0 Å². The van der Waals surface area contributed by atoms with Gasteiger partial charge in [-0.15, -0.1) is 0 Å².